The van der Waals surface area contributed by atoms with E-state index in [0.717, 1.165) is 31.4 Å². The molecule has 0 saturated carbocycles. The summed E-state index contributed by atoms with van der Waals surface area (Å²) in [5.74, 6) is 0.835. The second-order valence-corrected chi connectivity index (χ2v) is 6.91. The molecule has 7 nitrogen and oxygen atoms in total. The first-order valence-electron chi connectivity index (χ1n) is 9.45. The van der Waals surface area contributed by atoms with E-state index in [-0.39, 0.29) is 6.04 Å². The van der Waals surface area contributed by atoms with Gasteiger partial charge in [-0.05, 0) is 28.6 Å². The van der Waals surface area contributed by atoms with Crippen LogP contribution in [0.25, 0.3) is 0 Å². The molecule has 1 aliphatic rings. The molecule has 1 aromatic heterocycles. The Morgan fingerprint density at radius 1 is 1.25 bits per heavy atom. The van der Waals surface area contributed by atoms with E-state index >= 15 is 0 Å². The normalized spacial score (nSPS) is 17.1. The third-order valence-corrected chi connectivity index (χ3v) is 5.22. The number of nitrogens with zero attached hydrogens (tertiary/aromatic N) is 5. The molecular weight excluding hydrogens is 373 g/mol. The van der Waals surface area contributed by atoms with Crippen LogP contribution in [0.1, 0.15) is 30.8 Å². The van der Waals surface area contributed by atoms with Crippen LogP contribution in [0.15, 0.2) is 24.3 Å². The Labute approximate surface area is 162 Å². The van der Waals surface area contributed by atoms with Gasteiger partial charge in [0.25, 0.3) is 0 Å². The average molecular weight is 399 g/mol. The van der Waals surface area contributed by atoms with Crippen LogP contribution in [0.5, 0.6) is 0 Å². The van der Waals surface area contributed by atoms with Crippen LogP contribution in [0.2, 0.25) is 0 Å². The number of benzene rings is 1. The Bertz CT molecular complexity index is 758. The summed E-state index contributed by atoms with van der Waals surface area (Å²) in [5.41, 5.74) is 0.00961. The highest BCUT2D eigenvalue weighted by Gasteiger charge is 2.33. The van der Waals surface area contributed by atoms with Crippen molar-refractivity contribution in [2.45, 2.75) is 32.1 Å². The number of anilines is 1. The molecule has 2 heterocycles. The number of alkyl halides is 3. The number of hydrogen-bond donors (Lipinski definition) is 1. The lowest BCUT2D eigenvalue weighted by Crippen LogP contribution is -3.15. The largest absolute Gasteiger partial charge is 0.416 e. The molecule has 1 N–H and O–H groups in total. The van der Waals surface area contributed by atoms with Gasteiger partial charge in [-0.2, -0.15) is 13.2 Å². The Morgan fingerprint density at radius 2 is 2.00 bits per heavy atom. The lowest BCUT2D eigenvalue weighted by atomic mass is 10.1. The third kappa shape index (κ3) is 4.61. The molecule has 1 fully saturated rings. The SMILES string of the molecule is CC[C@H](c1nnnn1CCOC)[NH+]1CCN(c2cccc(C(F)(F)F)c2)CC1. The lowest BCUT2D eigenvalue weighted by molar-refractivity contribution is -0.933. The number of hydrogen-bond acceptors (Lipinski definition) is 5. The summed E-state index contributed by atoms with van der Waals surface area (Å²) >= 11 is 0. The van der Waals surface area contributed by atoms with Crippen molar-refractivity contribution in [1.82, 2.24) is 20.2 Å². The highest BCUT2D eigenvalue weighted by Crippen LogP contribution is 2.31. The van der Waals surface area contributed by atoms with Crippen LogP contribution in [0.4, 0.5) is 18.9 Å². The van der Waals surface area contributed by atoms with Crippen molar-refractivity contribution >= 4 is 5.69 Å². The molecule has 154 valence electrons. The molecule has 1 aliphatic heterocycles. The molecule has 0 aliphatic carbocycles. The molecule has 0 amide bonds. The molecule has 0 bridgehead atoms. The minimum atomic E-state index is -4.32. The fraction of sp³-hybridized carbons (Fsp3) is 0.611. The fourth-order valence-corrected chi connectivity index (χ4v) is 3.73. The van der Waals surface area contributed by atoms with Crippen molar-refractivity contribution in [3.8, 4) is 0 Å². The smallest absolute Gasteiger partial charge is 0.383 e. The minimum absolute atomic E-state index is 0.149. The maximum atomic E-state index is 13.0. The van der Waals surface area contributed by atoms with Crippen LogP contribution in [0, 0.1) is 0 Å². The number of ether oxygens (including phenoxy) is 1. The van der Waals surface area contributed by atoms with Gasteiger partial charge in [-0.25, -0.2) is 4.68 Å². The average Bonchev–Trinajstić information content (AvgIpc) is 3.15. The quantitative estimate of drug-likeness (QED) is 0.758. The molecule has 3 rings (SSSR count). The number of piperazine rings is 1. The van der Waals surface area contributed by atoms with Crippen molar-refractivity contribution < 1.29 is 22.8 Å². The van der Waals surface area contributed by atoms with Gasteiger partial charge in [0, 0.05) is 19.2 Å². The zero-order valence-electron chi connectivity index (χ0n) is 16.1. The summed E-state index contributed by atoms with van der Waals surface area (Å²) in [6, 6.07) is 5.69. The van der Waals surface area contributed by atoms with Gasteiger partial charge in [-0.15, -0.1) is 5.10 Å². The number of tetrazole rings is 1. The van der Waals surface area contributed by atoms with Crippen LogP contribution >= 0.6 is 0 Å². The number of aromatic nitrogens is 4. The first-order chi connectivity index (χ1) is 13.4. The van der Waals surface area contributed by atoms with Crippen molar-refractivity contribution in [3.63, 3.8) is 0 Å². The Hall–Kier alpha value is -2.20. The van der Waals surface area contributed by atoms with Gasteiger partial charge in [0.2, 0.25) is 5.82 Å². The molecule has 0 spiro atoms. The lowest BCUT2D eigenvalue weighted by Gasteiger charge is -2.37. The summed E-state index contributed by atoms with van der Waals surface area (Å²) in [6.07, 6.45) is -3.44. The maximum Gasteiger partial charge on any atom is 0.416 e. The second-order valence-electron chi connectivity index (χ2n) is 6.91. The number of halogens is 3. The van der Waals surface area contributed by atoms with Gasteiger partial charge >= 0.3 is 6.18 Å². The van der Waals surface area contributed by atoms with Gasteiger partial charge in [-0.1, -0.05) is 13.0 Å². The van der Waals surface area contributed by atoms with Crippen LogP contribution < -0.4 is 9.80 Å². The third-order valence-electron chi connectivity index (χ3n) is 5.22. The van der Waals surface area contributed by atoms with Gasteiger partial charge in [0.1, 0.15) is 6.04 Å². The Kier molecular flexibility index (Phi) is 6.50. The predicted molar refractivity (Wildman–Crippen MR) is 97.1 cm³/mol. The summed E-state index contributed by atoms with van der Waals surface area (Å²) in [7, 11) is 1.64. The summed E-state index contributed by atoms with van der Waals surface area (Å²) < 4.78 is 45.8. The molecule has 0 radical (unpaired) electrons. The van der Waals surface area contributed by atoms with Gasteiger partial charge in [0.05, 0.1) is 44.9 Å². The summed E-state index contributed by atoms with van der Waals surface area (Å²) in [4.78, 5) is 3.36. The van der Waals surface area contributed by atoms with Crippen molar-refractivity contribution in [2.75, 3.05) is 44.8 Å². The molecule has 1 aromatic carbocycles. The molecular formula is C18H26F3N6O+. The molecule has 10 heteroatoms. The zero-order valence-corrected chi connectivity index (χ0v) is 16.1. The topological polar surface area (TPSA) is 60.5 Å². The van der Waals surface area contributed by atoms with E-state index in [1.807, 2.05) is 4.90 Å². The number of methoxy groups -OCH3 is 1. The standard InChI is InChI=1S/C18H25F3N6O/c1-3-16(17-22-23-24-27(17)11-12-28-2)26-9-7-25(8-10-26)15-6-4-5-14(13-15)18(19,20)21/h4-6,13,16H,3,7-12H2,1-2H3/p+1/t16-/m1/s1. The predicted octanol–water partition coefficient (Wildman–Crippen LogP) is 1.19. The monoisotopic (exact) mass is 399 g/mol. The number of rotatable bonds is 7. The van der Waals surface area contributed by atoms with Gasteiger partial charge in [0.15, 0.2) is 0 Å². The van der Waals surface area contributed by atoms with Crippen LogP contribution in [-0.2, 0) is 17.5 Å². The van der Waals surface area contributed by atoms with Crippen molar-refractivity contribution in [3.05, 3.63) is 35.7 Å². The molecule has 1 saturated heterocycles. The summed E-state index contributed by atoms with van der Waals surface area (Å²) in [6.45, 7) is 6.23. The van der Waals surface area contributed by atoms with Crippen molar-refractivity contribution in [2.24, 2.45) is 0 Å². The van der Waals surface area contributed by atoms with E-state index in [9.17, 15) is 13.2 Å². The zero-order chi connectivity index (χ0) is 20.1. The molecule has 0 unspecified atom stereocenters. The van der Waals surface area contributed by atoms with E-state index < -0.39 is 11.7 Å². The second kappa shape index (κ2) is 8.87. The Morgan fingerprint density at radius 3 is 2.64 bits per heavy atom. The first kappa shape index (κ1) is 20.5. The first-order valence-corrected chi connectivity index (χ1v) is 9.45. The van der Waals surface area contributed by atoms with E-state index in [1.54, 1.807) is 17.9 Å². The van der Waals surface area contributed by atoms with E-state index in [2.05, 4.69) is 22.4 Å². The highest BCUT2D eigenvalue weighted by atomic mass is 19.4. The summed E-state index contributed by atoms with van der Waals surface area (Å²) in [5, 5.41) is 12.1. The molecule has 2 aromatic rings. The van der Waals surface area contributed by atoms with Crippen LogP contribution in [0.3, 0.4) is 0 Å². The maximum absolute atomic E-state index is 13.0. The van der Waals surface area contributed by atoms with E-state index in [1.165, 1.54) is 17.0 Å². The Balaban J connectivity index is 1.67. The van der Waals surface area contributed by atoms with Gasteiger partial charge < -0.3 is 14.5 Å². The van der Waals surface area contributed by atoms with Crippen molar-refractivity contribution in [1.29, 1.82) is 0 Å². The van der Waals surface area contributed by atoms with E-state index in [4.69, 9.17) is 4.74 Å². The molecule has 1 atom stereocenters. The van der Waals surface area contributed by atoms with Gasteiger partial charge in [-0.3, -0.25) is 0 Å². The molecule has 28 heavy (non-hydrogen) atoms. The van der Waals surface area contributed by atoms with E-state index in [0.29, 0.717) is 31.9 Å². The fourth-order valence-electron chi connectivity index (χ4n) is 3.73. The number of nitrogens with one attached hydrogen (secondary N) is 1. The number of quaternary nitrogens is 1. The van der Waals surface area contributed by atoms with Crippen LogP contribution in [-0.4, -0.2) is 60.1 Å². The minimum Gasteiger partial charge on any atom is -0.383 e. The highest BCUT2D eigenvalue weighted by molar-refractivity contribution is 5.49.